The van der Waals surface area contributed by atoms with Gasteiger partial charge in [0, 0.05) is 12.0 Å². The van der Waals surface area contributed by atoms with Crippen molar-refractivity contribution in [2.75, 3.05) is 6.61 Å². The lowest BCUT2D eigenvalue weighted by molar-refractivity contribution is 0.172. The summed E-state index contributed by atoms with van der Waals surface area (Å²) in [7, 11) is 0. The zero-order chi connectivity index (χ0) is 14.5. The van der Waals surface area contributed by atoms with Crippen LogP contribution in [0.1, 0.15) is 24.2 Å². The highest BCUT2D eigenvalue weighted by molar-refractivity contribution is 6.31. The molecule has 0 spiro atoms. The van der Waals surface area contributed by atoms with E-state index in [-0.39, 0.29) is 11.4 Å². The summed E-state index contributed by atoms with van der Waals surface area (Å²) < 4.78 is 18.9. The van der Waals surface area contributed by atoms with Crippen LogP contribution in [0.25, 0.3) is 0 Å². The fourth-order valence-electron chi connectivity index (χ4n) is 2.07. The van der Waals surface area contributed by atoms with Gasteiger partial charge in [-0.1, -0.05) is 41.9 Å². The van der Waals surface area contributed by atoms with E-state index in [1.807, 2.05) is 19.1 Å². The van der Waals surface area contributed by atoms with Gasteiger partial charge in [0.25, 0.3) is 0 Å². The van der Waals surface area contributed by atoms with Crippen LogP contribution in [0.3, 0.4) is 0 Å². The molecule has 0 aromatic heterocycles. The highest BCUT2D eigenvalue weighted by Crippen LogP contribution is 2.30. The van der Waals surface area contributed by atoms with Crippen molar-refractivity contribution < 1.29 is 14.2 Å². The Labute approximate surface area is 122 Å². The predicted octanol–water partition coefficient (Wildman–Crippen LogP) is 4.15. The number of hydrogen-bond donors (Lipinski definition) is 1. The Kier molecular flexibility index (Phi) is 4.99. The third kappa shape index (κ3) is 3.30. The van der Waals surface area contributed by atoms with Gasteiger partial charge < -0.3 is 9.84 Å². The first-order valence-corrected chi connectivity index (χ1v) is 6.84. The van der Waals surface area contributed by atoms with Crippen molar-refractivity contribution >= 4 is 11.6 Å². The van der Waals surface area contributed by atoms with Gasteiger partial charge in [-0.05, 0) is 24.6 Å². The van der Waals surface area contributed by atoms with E-state index in [0.29, 0.717) is 23.5 Å². The minimum absolute atomic E-state index is 0.0560. The molecule has 2 nitrogen and oxygen atoms in total. The Hall–Kier alpha value is -1.58. The maximum atomic E-state index is 13.4. The van der Waals surface area contributed by atoms with Crippen LogP contribution in [0.2, 0.25) is 5.02 Å². The monoisotopic (exact) mass is 294 g/mol. The van der Waals surface area contributed by atoms with Gasteiger partial charge in [0.1, 0.15) is 11.6 Å². The summed E-state index contributed by atoms with van der Waals surface area (Å²) in [5.74, 6) is 0.157. The van der Waals surface area contributed by atoms with E-state index in [1.165, 1.54) is 6.07 Å². The molecule has 2 rings (SSSR count). The molecule has 1 unspecified atom stereocenters. The predicted molar refractivity (Wildman–Crippen MR) is 77.7 cm³/mol. The Balaban J connectivity index is 2.24. The van der Waals surface area contributed by atoms with Gasteiger partial charge in [-0.3, -0.25) is 0 Å². The molecule has 2 aromatic carbocycles. The van der Waals surface area contributed by atoms with Crippen molar-refractivity contribution in [3.63, 3.8) is 0 Å². The van der Waals surface area contributed by atoms with E-state index in [0.717, 1.165) is 0 Å². The van der Waals surface area contributed by atoms with E-state index >= 15 is 0 Å². The summed E-state index contributed by atoms with van der Waals surface area (Å²) in [6.45, 7) is 2.40. The van der Waals surface area contributed by atoms with Crippen molar-refractivity contribution in [3.05, 3.63) is 64.4 Å². The summed E-state index contributed by atoms with van der Waals surface area (Å²) in [6, 6.07) is 11.9. The Morgan fingerprint density at radius 1 is 1.20 bits per heavy atom. The number of benzene rings is 2. The van der Waals surface area contributed by atoms with Crippen molar-refractivity contribution in [2.24, 2.45) is 0 Å². The number of para-hydroxylation sites is 1. The molecule has 1 N–H and O–H groups in total. The normalized spacial score (nSPS) is 12.2. The summed E-state index contributed by atoms with van der Waals surface area (Å²) in [4.78, 5) is 0. The van der Waals surface area contributed by atoms with Gasteiger partial charge >= 0.3 is 0 Å². The molecule has 0 aliphatic heterocycles. The lowest BCUT2D eigenvalue weighted by Crippen LogP contribution is -2.06. The number of rotatable bonds is 5. The van der Waals surface area contributed by atoms with E-state index in [4.69, 9.17) is 16.3 Å². The van der Waals surface area contributed by atoms with E-state index < -0.39 is 11.9 Å². The molecule has 20 heavy (non-hydrogen) atoms. The largest absolute Gasteiger partial charge is 0.493 e. The van der Waals surface area contributed by atoms with E-state index in [9.17, 15) is 9.50 Å². The molecule has 0 saturated carbocycles. The SMILES string of the molecule is CCOc1ccccc1C(O)Cc1cccc(F)c1Cl. The first-order chi connectivity index (χ1) is 9.63. The Bertz CT molecular complexity index is 586. The average molecular weight is 295 g/mol. The van der Waals surface area contributed by atoms with Gasteiger partial charge in [0.15, 0.2) is 0 Å². The van der Waals surface area contributed by atoms with Crippen LogP contribution >= 0.6 is 11.6 Å². The molecule has 0 saturated heterocycles. The second-order valence-electron chi connectivity index (χ2n) is 4.40. The van der Waals surface area contributed by atoms with Crippen molar-refractivity contribution in [1.29, 1.82) is 0 Å². The lowest BCUT2D eigenvalue weighted by atomic mass is 10.0. The molecular formula is C16H16ClFO2. The number of aliphatic hydroxyl groups excluding tert-OH is 1. The summed E-state index contributed by atoms with van der Waals surface area (Å²) in [5, 5.41) is 10.4. The lowest BCUT2D eigenvalue weighted by Gasteiger charge is -2.16. The van der Waals surface area contributed by atoms with Gasteiger partial charge in [-0.25, -0.2) is 4.39 Å². The Morgan fingerprint density at radius 3 is 2.70 bits per heavy atom. The first-order valence-electron chi connectivity index (χ1n) is 6.46. The molecule has 2 aromatic rings. The molecule has 0 fully saturated rings. The quantitative estimate of drug-likeness (QED) is 0.897. The van der Waals surface area contributed by atoms with Gasteiger partial charge in [0.2, 0.25) is 0 Å². The zero-order valence-corrected chi connectivity index (χ0v) is 11.9. The standard InChI is InChI=1S/C16H16ClFO2/c1-2-20-15-9-4-3-7-12(15)14(19)10-11-6-5-8-13(18)16(11)17/h3-9,14,19H,2,10H2,1H3. The van der Waals surface area contributed by atoms with Crippen molar-refractivity contribution in [1.82, 2.24) is 0 Å². The smallest absolute Gasteiger partial charge is 0.142 e. The minimum atomic E-state index is -0.794. The Morgan fingerprint density at radius 2 is 1.95 bits per heavy atom. The van der Waals surface area contributed by atoms with Crippen LogP contribution in [0.5, 0.6) is 5.75 Å². The van der Waals surface area contributed by atoms with Crippen LogP contribution < -0.4 is 4.74 Å². The molecule has 0 radical (unpaired) electrons. The van der Waals surface area contributed by atoms with Crippen molar-refractivity contribution in [2.45, 2.75) is 19.4 Å². The van der Waals surface area contributed by atoms with Gasteiger partial charge in [-0.15, -0.1) is 0 Å². The van der Waals surface area contributed by atoms with E-state index in [2.05, 4.69) is 0 Å². The fraction of sp³-hybridized carbons (Fsp3) is 0.250. The highest BCUT2D eigenvalue weighted by atomic mass is 35.5. The topological polar surface area (TPSA) is 29.5 Å². The maximum Gasteiger partial charge on any atom is 0.142 e. The molecule has 1 atom stereocenters. The second kappa shape index (κ2) is 6.73. The van der Waals surface area contributed by atoms with Gasteiger partial charge in [-0.2, -0.15) is 0 Å². The summed E-state index contributed by atoms with van der Waals surface area (Å²) in [6.07, 6.45) is -0.558. The third-order valence-corrected chi connectivity index (χ3v) is 3.45. The number of halogens is 2. The highest BCUT2D eigenvalue weighted by Gasteiger charge is 2.16. The zero-order valence-electron chi connectivity index (χ0n) is 11.1. The van der Waals surface area contributed by atoms with Crippen molar-refractivity contribution in [3.8, 4) is 5.75 Å². The van der Waals surface area contributed by atoms with Crippen LogP contribution in [-0.4, -0.2) is 11.7 Å². The third-order valence-electron chi connectivity index (χ3n) is 3.02. The fourth-order valence-corrected chi connectivity index (χ4v) is 2.27. The molecule has 0 aliphatic carbocycles. The molecule has 0 bridgehead atoms. The molecule has 106 valence electrons. The van der Waals surface area contributed by atoms with Crippen LogP contribution in [-0.2, 0) is 6.42 Å². The average Bonchev–Trinajstić information content (AvgIpc) is 2.45. The summed E-state index contributed by atoms with van der Waals surface area (Å²) >= 11 is 5.91. The molecule has 0 heterocycles. The summed E-state index contributed by atoms with van der Waals surface area (Å²) in [5.41, 5.74) is 1.25. The number of aliphatic hydroxyl groups is 1. The van der Waals surface area contributed by atoms with Crippen LogP contribution in [0.4, 0.5) is 4.39 Å². The van der Waals surface area contributed by atoms with Gasteiger partial charge in [0.05, 0.1) is 17.7 Å². The van der Waals surface area contributed by atoms with E-state index in [1.54, 1.807) is 24.3 Å². The number of ether oxygens (including phenoxy) is 1. The van der Waals surface area contributed by atoms with Crippen LogP contribution in [0, 0.1) is 5.82 Å². The minimum Gasteiger partial charge on any atom is -0.493 e. The number of hydrogen-bond acceptors (Lipinski definition) is 2. The molecule has 0 amide bonds. The molecular weight excluding hydrogens is 279 g/mol. The maximum absolute atomic E-state index is 13.4. The second-order valence-corrected chi connectivity index (χ2v) is 4.78. The molecule has 4 heteroatoms. The first kappa shape index (κ1) is 14.8. The van der Waals surface area contributed by atoms with Crippen LogP contribution in [0.15, 0.2) is 42.5 Å². The molecule has 0 aliphatic rings.